The molecule has 0 heterocycles. The number of nitrogens with one attached hydrogen (secondary N) is 1. The summed E-state index contributed by atoms with van der Waals surface area (Å²) in [5, 5.41) is 3.31. The molecule has 0 amide bonds. The molecule has 0 radical (unpaired) electrons. The number of hydrogen-bond donors (Lipinski definition) is 1. The van der Waals surface area contributed by atoms with Crippen LogP contribution in [0.2, 0.25) is 0 Å². The van der Waals surface area contributed by atoms with Gasteiger partial charge in [0.15, 0.2) is 0 Å². The first kappa shape index (κ1) is 19.4. The predicted molar refractivity (Wildman–Crippen MR) is 84.9 cm³/mol. The third-order valence-electron chi connectivity index (χ3n) is 3.63. The number of ether oxygens (including phenoxy) is 1. The van der Waals surface area contributed by atoms with Gasteiger partial charge in [-0.25, -0.2) is 0 Å². The van der Waals surface area contributed by atoms with Gasteiger partial charge in [-0.3, -0.25) is 4.79 Å². The van der Waals surface area contributed by atoms with Crippen LogP contribution in [0.3, 0.4) is 0 Å². The van der Waals surface area contributed by atoms with Crippen molar-refractivity contribution in [2.75, 3.05) is 26.2 Å². The molecule has 0 spiro atoms. The van der Waals surface area contributed by atoms with Crippen molar-refractivity contribution in [1.82, 2.24) is 10.2 Å². The molecular formula is C16H34N2O2. The fraction of sp³-hybridized carbons (Fsp3) is 0.938. The molecule has 4 heteroatoms. The van der Waals surface area contributed by atoms with Crippen LogP contribution >= 0.6 is 0 Å². The first-order valence-electron chi connectivity index (χ1n) is 7.96. The SMILES string of the molecule is CCNC(C)(CC(C)N(CC)CC(C)C)C(=O)OCC. The Hall–Kier alpha value is -0.610. The van der Waals surface area contributed by atoms with E-state index in [9.17, 15) is 4.79 Å². The van der Waals surface area contributed by atoms with E-state index >= 15 is 0 Å². The van der Waals surface area contributed by atoms with Gasteiger partial charge in [-0.15, -0.1) is 0 Å². The van der Waals surface area contributed by atoms with Gasteiger partial charge in [0.05, 0.1) is 6.61 Å². The number of esters is 1. The van der Waals surface area contributed by atoms with Crippen molar-refractivity contribution in [3.05, 3.63) is 0 Å². The Balaban J connectivity index is 4.82. The summed E-state index contributed by atoms with van der Waals surface area (Å²) >= 11 is 0. The first-order chi connectivity index (χ1) is 9.30. The molecule has 0 aliphatic rings. The minimum absolute atomic E-state index is 0.144. The van der Waals surface area contributed by atoms with Gasteiger partial charge in [-0.2, -0.15) is 0 Å². The Kier molecular flexibility index (Phi) is 9.06. The molecule has 0 aliphatic heterocycles. The summed E-state index contributed by atoms with van der Waals surface area (Å²) in [6.07, 6.45) is 0.764. The van der Waals surface area contributed by atoms with E-state index in [1.807, 2.05) is 20.8 Å². The third kappa shape index (κ3) is 6.23. The van der Waals surface area contributed by atoms with Crippen molar-refractivity contribution in [1.29, 1.82) is 0 Å². The minimum atomic E-state index is -0.603. The molecule has 0 aliphatic carbocycles. The normalized spacial score (nSPS) is 16.2. The van der Waals surface area contributed by atoms with Crippen molar-refractivity contribution in [3.8, 4) is 0 Å². The summed E-state index contributed by atoms with van der Waals surface area (Å²) in [4.78, 5) is 14.7. The molecule has 0 rings (SSSR count). The number of nitrogens with zero attached hydrogens (tertiary/aromatic N) is 1. The molecule has 0 bridgehead atoms. The van der Waals surface area contributed by atoms with E-state index in [0.717, 1.165) is 26.1 Å². The van der Waals surface area contributed by atoms with Gasteiger partial charge in [-0.05, 0) is 46.2 Å². The van der Waals surface area contributed by atoms with Gasteiger partial charge >= 0.3 is 5.97 Å². The van der Waals surface area contributed by atoms with E-state index in [4.69, 9.17) is 4.74 Å². The zero-order valence-corrected chi connectivity index (χ0v) is 14.5. The molecule has 0 fully saturated rings. The fourth-order valence-corrected chi connectivity index (χ4v) is 2.72. The molecule has 0 aromatic carbocycles. The maximum atomic E-state index is 12.2. The second kappa shape index (κ2) is 9.35. The Morgan fingerprint density at radius 2 is 1.85 bits per heavy atom. The molecule has 0 aromatic rings. The van der Waals surface area contributed by atoms with Crippen molar-refractivity contribution < 1.29 is 9.53 Å². The average molecular weight is 286 g/mol. The van der Waals surface area contributed by atoms with Crippen molar-refractivity contribution >= 4 is 5.97 Å². The number of rotatable bonds is 10. The van der Waals surface area contributed by atoms with E-state index in [2.05, 4.69) is 37.9 Å². The standard InChI is InChI=1S/C16H34N2O2/c1-8-17-16(7,15(19)20-10-3)11-14(6)18(9-2)12-13(4)5/h13-14,17H,8-12H2,1-7H3. The largest absolute Gasteiger partial charge is 0.465 e. The van der Waals surface area contributed by atoms with Gasteiger partial charge < -0.3 is 15.0 Å². The number of likely N-dealkylation sites (N-methyl/N-ethyl adjacent to an activating group) is 1. The van der Waals surface area contributed by atoms with Crippen molar-refractivity contribution in [2.24, 2.45) is 5.92 Å². The predicted octanol–water partition coefficient (Wildman–Crippen LogP) is 2.67. The van der Waals surface area contributed by atoms with E-state index < -0.39 is 5.54 Å². The molecule has 2 unspecified atom stereocenters. The van der Waals surface area contributed by atoms with Crippen LogP contribution in [0.15, 0.2) is 0 Å². The Labute approximate surface area is 125 Å². The van der Waals surface area contributed by atoms with Crippen LogP contribution in [-0.4, -0.2) is 48.7 Å². The van der Waals surface area contributed by atoms with Crippen LogP contribution in [0.25, 0.3) is 0 Å². The summed E-state index contributed by atoms with van der Waals surface area (Å²) in [6.45, 7) is 17.9. The molecule has 4 nitrogen and oxygen atoms in total. The van der Waals surface area contributed by atoms with Crippen LogP contribution in [0, 0.1) is 5.92 Å². The highest BCUT2D eigenvalue weighted by Crippen LogP contribution is 2.19. The van der Waals surface area contributed by atoms with Gasteiger partial charge in [0.25, 0.3) is 0 Å². The highest BCUT2D eigenvalue weighted by molar-refractivity contribution is 5.80. The second-order valence-corrected chi connectivity index (χ2v) is 6.12. The zero-order chi connectivity index (χ0) is 15.8. The maximum absolute atomic E-state index is 12.2. The first-order valence-corrected chi connectivity index (χ1v) is 7.96. The fourth-order valence-electron chi connectivity index (χ4n) is 2.72. The van der Waals surface area contributed by atoms with E-state index in [-0.39, 0.29) is 5.97 Å². The van der Waals surface area contributed by atoms with Crippen molar-refractivity contribution in [2.45, 2.75) is 66.5 Å². The maximum Gasteiger partial charge on any atom is 0.326 e. The summed E-state index contributed by atoms with van der Waals surface area (Å²) in [5.41, 5.74) is -0.603. The summed E-state index contributed by atoms with van der Waals surface area (Å²) in [5.74, 6) is 0.486. The second-order valence-electron chi connectivity index (χ2n) is 6.12. The highest BCUT2D eigenvalue weighted by atomic mass is 16.5. The quantitative estimate of drug-likeness (QED) is 0.627. The highest BCUT2D eigenvalue weighted by Gasteiger charge is 2.36. The molecule has 0 saturated heterocycles. The van der Waals surface area contributed by atoms with Crippen LogP contribution in [-0.2, 0) is 9.53 Å². The monoisotopic (exact) mass is 286 g/mol. The molecule has 20 heavy (non-hydrogen) atoms. The van der Waals surface area contributed by atoms with Gasteiger partial charge in [-0.1, -0.05) is 27.7 Å². The van der Waals surface area contributed by atoms with E-state index in [1.165, 1.54) is 0 Å². The molecule has 0 aromatic heterocycles. The van der Waals surface area contributed by atoms with Crippen LogP contribution in [0.1, 0.15) is 54.9 Å². The zero-order valence-electron chi connectivity index (χ0n) is 14.5. The topological polar surface area (TPSA) is 41.6 Å². The molecule has 2 atom stereocenters. The van der Waals surface area contributed by atoms with Crippen molar-refractivity contribution in [3.63, 3.8) is 0 Å². The minimum Gasteiger partial charge on any atom is -0.465 e. The lowest BCUT2D eigenvalue weighted by Crippen LogP contribution is -2.54. The van der Waals surface area contributed by atoms with Crippen LogP contribution < -0.4 is 5.32 Å². The summed E-state index contributed by atoms with van der Waals surface area (Å²) in [7, 11) is 0. The van der Waals surface area contributed by atoms with E-state index in [0.29, 0.717) is 18.6 Å². The lowest BCUT2D eigenvalue weighted by atomic mass is 9.92. The van der Waals surface area contributed by atoms with Crippen LogP contribution in [0.5, 0.6) is 0 Å². The van der Waals surface area contributed by atoms with Crippen LogP contribution in [0.4, 0.5) is 0 Å². The Bertz CT molecular complexity index is 282. The summed E-state index contributed by atoms with van der Waals surface area (Å²) in [6, 6.07) is 0.343. The smallest absolute Gasteiger partial charge is 0.326 e. The summed E-state index contributed by atoms with van der Waals surface area (Å²) < 4.78 is 5.23. The van der Waals surface area contributed by atoms with Gasteiger partial charge in [0.1, 0.15) is 5.54 Å². The average Bonchev–Trinajstić information content (AvgIpc) is 2.35. The van der Waals surface area contributed by atoms with E-state index in [1.54, 1.807) is 0 Å². The third-order valence-corrected chi connectivity index (χ3v) is 3.63. The van der Waals surface area contributed by atoms with Gasteiger partial charge in [0.2, 0.25) is 0 Å². The number of carbonyl (C=O) groups is 1. The molecule has 0 saturated carbocycles. The lowest BCUT2D eigenvalue weighted by Gasteiger charge is -2.36. The lowest BCUT2D eigenvalue weighted by molar-refractivity contribution is -0.151. The number of hydrogen-bond acceptors (Lipinski definition) is 4. The molecular weight excluding hydrogens is 252 g/mol. The molecule has 1 N–H and O–H groups in total. The number of carbonyl (C=O) groups excluding carboxylic acids is 1. The Morgan fingerprint density at radius 3 is 2.25 bits per heavy atom. The molecule has 120 valence electrons. The van der Waals surface area contributed by atoms with Gasteiger partial charge in [0, 0.05) is 12.6 Å². The Morgan fingerprint density at radius 1 is 1.25 bits per heavy atom.